The van der Waals surface area contributed by atoms with Crippen LogP contribution < -0.4 is 4.90 Å². The molecular formula is C41H43ClF3N3O2. The summed E-state index contributed by atoms with van der Waals surface area (Å²) in [6.45, 7) is 4.61. The third-order valence-corrected chi connectivity index (χ3v) is 9.35. The summed E-state index contributed by atoms with van der Waals surface area (Å²) in [5.41, 5.74) is 3.75. The van der Waals surface area contributed by atoms with Gasteiger partial charge >= 0.3 is 6.18 Å². The molecule has 0 aliphatic carbocycles. The molecule has 0 N–H and O–H groups in total. The Kier molecular flexibility index (Phi) is 12.8. The molecule has 9 heteroatoms. The van der Waals surface area contributed by atoms with E-state index in [-0.39, 0.29) is 12.5 Å². The van der Waals surface area contributed by atoms with E-state index >= 15 is 0 Å². The van der Waals surface area contributed by atoms with Gasteiger partial charge in [0.2, 0.25) is 11.8 Å². The Morgan fingerprint density at radius 3 is 2.06 bits per heavy atom. The number of piperazine rings is 1. The van der Waals surface area contributed by atoms with E-state index in [1.54, 1.807) is 4.90 Å². The highest BCUT2D eigenvalue weighted by Crippen LogP contribution is 2.29. The lowest BCUT2D eigenvalue weighted by molar-refractivity contribution is -0.144. The molecule has 1 unspecified atom stereocenters. The number of alkyl halides is 3. The molecule has 1 saturated heterocycles. The number of hydrogen-bond donors (Lipinski definition) is 0. The number of amides is 2. The molecule has 0 bridgehead atoms. The molecule has 4 aromatic rings. The van der Waals surface area contributed by atoms with E-state index in [2.05, 4.69) is 24.0 Å². The summed E-state index contributed by atoms with van der Waals surface area (Å²) in [6.07, 6.45) is 3.09. The quantitative estimate of drug-likeness (QED) is 0.103. The Labute approximate surface area is 298 Å². The first-order chi connectivity index (χ1) is 24.1. The third-order valence-electron chi connectivity index (χ3n) is 9.10. The highest BCUT2D eigenvalue weighted by Gasteiger charge is 2.34. The van der Waals surface area contributed by atoms with Crippen LogP contribution in [-0.4, -0.2) is 53.8 Å². The van der Waals surface area contributed by atoms with Crippen LogP contribution in [-0.2, 0) is 35.2 Å². The van der Waals surface area contributed by atoms with E-state index in [9.17, 15) is 22.8 Å². The van der Waals surface area contributed by atoms with Gasteiger partial charge in [0.15, 0.2) is 0 Å². The summed E-state index contributed by atoms with van der Waals surface area (Å²) in [7, 11) is 0. The minimum Gasteiger partial charge on any atom is -0.368 e. The van der Waals surface area contributed by atoms with Crippen LogP contribution in [0.3, 0.4) is 0 Å². The lowest BCUT2D eigenvalue weighted by Gasteiger charge is -2.40. The summed E-state index contributed by atoms with van der Waals surface area (Å²) in [5, 5.41) is 0.662. The fourth-order valence-corrected chi connectivity index (χ4v) is 6.32. The zero-order valence-corrected chi connectivity index (χ0v) is 29.0. The number of nitrogens with zero attached hydrogens (tertiary/aromatic N) is 3. The third kappa shape index (κ3) is 10.2. The second kappa shape index (κ2) is 17.4. The van der Waals surface area contributed by atoms with Crippen LogP contribution in [0.1, 0.15) is 54.0 Å². The largest absolute Gasteiger partial charge is 0.416 e. The molecule has 1 atom stereocenters. The summed E-state index contributed by atoms with van der Waals surface area (Å²) >= 11 is 6.09. The molecule has 5 nitrogen and oxygen atoms in total. The second-order valence-corrected chi connectivity index (χ2v) is 13.1. The van der Waals surface area contributed by atoms with E-state index in [4.69, 9.17) is 11.6 Å². The van der Waals surface area contributed by atoms with Crippen molar-refractivity contribution in [2.45, 2.75) is 57.8 Å². The van der Waals surface area contributed by atoms with Gasteiger partial charge in [-0.2, -0.15) is 13.2 Å². The van der Waals surface area contributed by atoms with Crippen LogP contribution in [0, 0.1) is 0 Å². The monoisotopic (exact) mass is 701 g/mol. The minimum atomic E-state index is -4.45. The van der Waals surface area contributed by atoms with Crippen LogP contribution in [0.2, 0.25) is 5.02 Å². The SMILES string of the molecule is CCCCCc1ccc(CN(C(=O)/C=C/c2ccc(C(F)(F)F)cc2)C(Cc2ccccc2)C(=O)N2CCN(c3ccc(Cl)cc3)CC2)cc1. The molecule has 0 aromatic heterocycles. The fourth-order valence-electron chi connectivity index (χ4n) is 6.19. The number of anilines is 1. The Balaban J connectivity index is 1.42. The molecule has 5 rings (SSSR count). The van der Waals surface area contributed by atoms with Gasteiger partial charge in [-0.25, -0.2) is 0 Å². The van der Waals surface area contributed by atoms with Gasteiger partial charge < -0.3 is 14.7 Å². The first-order valence-corrected chi connectivity index (χ1v) is 17.6. The predicted octanol–water partition coefficient (Wildman–Crippen LogP) is 9.09. The van der Waals surface area contributed by atoms with Crippen molar-refractivity contribution in [1.29, 1.82) is 0 Å². The summed E-state index contributed by atoms with van der Waals surface area (Å²) in [6, 6.07) is 29.3. The first-order valence-electron chi connectivity index (χ1n) is 17.2. The van der Waals surface area contributed by atoms with Crippen LogP contribution in [0.15, 0.2) is 109 Å². The summed E-state index contributed by atoms with van der Waals surface area (Å²) < 4.78 is 39.4. The van der Waals surface area contributed by atoms with Crippen LogP contribution in [0.25, 0.3) is 6.08 Å². The molecule has 50 heavy (non-hydrogen) atoms. The number of halogens is 4. The fraction of sp³-hybridized carbons (Fsp3) is 0.317. The van der Waals surface area contributed by atoms with Crippen LogP contribution in [0.4, 0.5) is 18.9 Å². The number of benzene rings is 4. The van der Waals surface area contributed by atoms with Crippen molar-refractivity contribution >= 4 is 35.2 Å². The smallest absolute Gasteiger partial charge is 0.368 e. The second-order valence-electron chi connectivity index (χ2n) is 12.7. The van der Waals surface area contributed by atoms with Crippen molar-refractivity contribution in [1.82, 2.24) is 9.80 Å². The van der Waals surface area contributed by atoms with Gasteiger partial charge in [-0.05, 0) is 77.6 Å². The Bertz CT molecular complexity index is 1700. The molecule has 1 aliphatic heterocycles. The lowest BCUT2D eigenvalue weighted by atomic mass is 10.0. The van der Waals surface area contributed by atoms with E-state index in [0.29, 0.717) is 43.2 Å². The average molecular weight is 702 g/mol. The van der Waals surface area contributed by atoms with Crippen molar-refractivity contribution in [2.24, 2.45) is 0 Å². The molecule has 262 valence electrons. The van der Waals surface area contributed by atoms with Gasteiger partial charge in [0, 0.05) is 55.9 Å². The Hall–Kier alpha value is -4.56. The molecule has 1 heterocycles. The maximum absolute atomic E-state index is 14.5. The van der Waals surface area contributed by atoms with Crippen molar-refractivity contribution in [2.75, 3.05) is 31.1 Å². The highest BCUT2D eigenvalue weighted by atomic mass is 35.5. The van der Waals surface area contributed by atoms with E-state index in [1.165, 1.54) is 29.8 Å². The zero-order chi connectivity index (χ0) is 35.5. The normalized spacial score (nSPS) is 14.2. The predicted molar refractivity (Wildman–Crippen MR) is 195 cm³/mol. The maximum atomic E-state index is 14.5. The average Bonchev–Trinajstić information content (AvgIpc) is 3.13. The molecule has 0 saturated carbocycles. The number of hydrogen-bond acceptors (Lipinski definition) is 3. The highest BCUT2D eigenvalue weighted by molar-refractivity contribution is 6.30. The van der Waals surface area contributed by atoms with Crippen molar-refractivity contribution < 1.29 is 22.8 Å². The van der Waals surface area contributed by atoms with Crippen LogP contribution in [0.5, 0.6) is 0 Å². The van der Waals surface area contributed by atoms with Gasteiger partial charge in [-0.15, -0.1) is 0 Å². The van der Waals surface area contributed by atoms with Crippen molar-refractivity contribution in [3.8, 4) is 0 Å². The molecule has 0 radical (unpaired) electrons. The molecule has 1 aliphatic rings. The number of aryl methyl sites for hydroxylation is 1. The van der Waals surface area contributed by atoms with Crippen molar-refractivity contribution in [3.63, 3.8) is 0 Å². The molecule has 2 amide bonds. The molecule has 1 fully saturated rings. The summed E-state index contributed by atoms with van der Waals surface area (Å²) in [5.74, 6) is -0.539. The Morgan fingerprint density at radius 1 is 0.800 bits per heavy atom. The topological polar surface area (TPSA) is 43.9 Å². The lowest BCUT2D eigenvalue weighted by Crippen LogP contribution is -2.56. The van der Waals surface area contributed by atoms with Gasteiger partial charge in [-0.1, -0.05) is 98.1 Å². The van der Waals surface area contributed by atoms with Gasteiger partial charge in [0.1, 0.15) is 6.04 Å². The standard InChI is InChI=1S/C41H43ClF3N3O2/c1-2-3-5-8-31-11-13-34(14-12-31)30-48(39(49)24-17-32-15-18-35(19-16-32)41(43,44)45)38(29-33-9-6-4-7-10-33)40(50)47-27-25-46(26-28-47)37-22-20-36(42)21-23-37/h4,6-7,9-24,38H,2-3,5,8,25-30H2,1H3/b24-17+. The van der Waals surface area contributed by atoms with Gasteiger partial charge in [0.05, 0.1) is 5.56 Å². The molecule has 0 spiro atoms. The summed E-state index contributed by atoms with van der Waals surface area (Å²) in [4.78, 5) is 34.3. The first kappa shape index (κ1) is 36.7. The minimum absolute atomic E-state index is 0.142. The number of carbonyl (C=O) groups is 2. The Morgan fingerprint density at radius 2 is 1.44 bits per heavy atom. The number of carbonyl (C=O) groups excluding carboxylic acids is 2. The number of unbranched alkanes of at least 4 members (excludes halogenated alkanes) is 2. The number of rotatable bonds is 13. The van der Waals surface area contributed by atoms with E-state index < -0.39 is 23.7 Å². The van der Waals surface area contributed by atoms with E-state index in [1.807, 2.05) is 71.6 Å². The van der Waals surface area contributed by atoms with Crippen molar-refractivity contribution in [3.05, 3.63) is 142 Å². The maximum Gasteiger partial charge on any atom is 0.416 e. The molecular weight excluding hydrogens is 659 g/mol. The zero-order valence-electron chi connectivity index (χ0n) is 28.3. The molecule has 4 aromatic carbocycles. The van der Waals surface area contributed by atoms with Gasteiger partial charge in [-0.3, -0.25) is 9.59 Å². The van der Waals surface area contributed by atoms with E-state index in [0.717, 1.165) is 54.6 Å². The van der Waals surface area contributed by atoms with Crippen LogP contribution >= 0.6 is 11.6 Å². The van der Waals surface area contributed by atoms with Gasteiger partial charge in [0.25, 0.3) is 0 Å².